The normalized spacial score (nSPS) is 22.4. The van der Waals surface area contributed by atoms with Crippen molar-refractivity contribution in [2.24, 2.45) is 0 Å². The van der Waals surface area contributed by atoms with Gasteiger partial charge in [0.15, 0.2) is 5.78 Å². The van der Waals surface area contributed by atoms with Crippen molar-refractivity contribution in [2.75, 3.05) is 5.32 Å². The quantitative estimate of drug-likeness (QED) is 0.784. The van der Waals surface area contributed by atoms with Crippen molar-refractivity contribution in [3.8, 4) is 0 Å². The van der Waals surface area contributed by atoms with Gasteiger partial charge in [-0.2, -0.15) is 0 Å². The van der Waals surface area contributed by atoms with Crippen LogP contribution in [0.5, 0.6) is 0 Å². The van der Waals surface area contributed by atoms with Gasteiger partial charge in [0.05, 0.1) is 6.04 Å². The highest BCUT2D eigenvalue weighted by Crippen LogP contribution is 2.24. The Bertz CT molecular complexity index is 553. The number of benzene rings is 1. The molecule has 5 heteroatoms. The Morgan fingerprint density at radius 2 is 1.85 bits per heavy atom. The molecule has 104 valence electrons. The lowest BCUT2D eigenvalue weighted by molar-refractivity contribution is -0.124. The standard InChI is InChI=1S/C15H17N3O2/c19-13-6-5-12(9-13)16-11-3-1-10(2-4-11)14-7-8-15(20)18-17-14/h1-4,9,14,16-17H,5-8H2,(H,18,20). The minimum absolute atomic E-state index is 0.0392. The van der Waals surface area contributed by atoms with Crippen molar-refractivity contribution in [2.45, 2.75) is 31.7 Å². The Balaban J connectivity index is 1.64. The third-order valence-corrected chi connectivity index (χ3v) is 3.64. The first-order chi connectivity index (χ1) is 9.70. The molecule has 1 saturated heterocycles. The Hall–Kier alpha value is -2.14. The summed E-state index contributed by atoms with van der Waals surface area (Å²) in [6, 6.07) is 8.23. The average molecular weight is 271 g/mol. The van der Waals surface area contributed by atoms with Gasteiger partial charge in [-0.3, -0.25) is 15.0 Å². The van der Waals surface area contributed by atoms with Crippen LogP contribution in [-0.4, -0.2) is 11.7 Å². The predicted octanol–water partition coefficient (Wildman–Crippen LogP) is 1.80. The van der Waals surface area contributed by atoms with Crippen LogP contribution in [0.25, 0.3) is 0 Å². The van der Waals surface area contributed by atoms with Gasteiger partial charge in [0, 0.05) is 30.3 Å². The molecule has 0 bridgehead atoms. The van der Waals surface area contributed by atoms with E-state index in [1.165, 1.54) is 0 Å². The minimum Gasteiger partial charge on any atom is -0.359 e. The van der Waals surface area contributed by atoms with Gasteiger partial charge in [-0.25, -0.2) is 5.43 Å². The maximum atomic E-state index is 11.2. The van der Waals surface area contributed by atoms with E-state index >= 15 is 0 Å². The zero-order chi connectivity index (χ0) is 13.9. The number of amides is 1. The molecule has 3 rings (SSSR count). The molecule has 0 spiro atoms. The fraction of sp³-hybridized carbons (Fsp3) is 0.333. The van der Waals surface area contributed by atoms with Crippen LogP contribution in [0, 0.1) is 0 Å². The van der Waals surface area contributed by atoms with E-state index in [4.69, 9.17) is 0 Å². The summed E-state index contributed by atoms with van der Waals surface area (Å²) in [6.07, 6.45) is 4.42. The summed E-state index contributed by atoms with van der Waals surface area (Å²) in [6.45, 7) is 0. The third-order valence-electron chi connectivity index (χ3n) is 3.64. The highest BCUT2D eigenvalue weighted by Gasteiger charge is 2.18. The van der Waals surface area contributed by atoms with Crippen LogP contribution in [-0.2, 0) is 9.59 Å². The number of anilines is 1. The van der Waals surface area contributed by atoms with Crippen molar-refractivity contribution in [3.63, 3.8) is 0 Å². The second kappa shape index (κ2) is 5.46. The van der Waals surface area contributed by atoms with Crippen LogP contribution in [0.1, 0.15) is 37.3 Å². The molecule has 2 aliphatic rings. The largest absolute Gasteiger partial charge is 0.359 e. The first-order valence-electron chi connectivity index (χ1n) is 6.85. The summed E-state index contributed by atoms with van der Waals surface area (Å²) >= 11 is 0. The molecular weight excluding hydrogens is 254 g/mol. The molecule has 5 nitrogen and oxygen atoms in total. The fourth-order valence-electron chi connectivity index (χ4n) is 2.51. The minimum atomic E-state index is 0.0392. The van der Waals surface area contributed by atoms with Crippen molar-refractivity contribution >= 4 is 17.4 Å². The van der Waals surface area contributed by atoms with Gasteiger partial charge >= 0.3 is 0 Å². The second-order valence-electron chi connectivity index (χ2n) is 5.17. The first-order valence-corrected chi connectivity index (χ1v) is 6.85. The van der Waals surface area contributed by atoms with E-state index in [0.717, 1.165) is 29.8 Å². The molecule has 1 aliphatic heterocycles. The van der Waals surface area contributed by atoms with Crippen molar-refractivity contribution in [3.05, 3.63) is 41.6 Å². The zero-order valence-corrected chi connectivity index (χ0v) is 11.1. The van der Waals surface area contributed by atoms with Gasteiger partial charge in [-0.15, -0.1) is 0 Å². The van der Waals surface area contributed by atoms with E-state index < -0.39 is 0 Å². The highest BCUT2D eigenvalue weighted by molar-refractivity contribution is 5.93. The molecule has 0 radical (unpaired) electrons. The number of rotatable bonds is 3. The van der Waals surface area contributed by atoms with Gasteiger partial charge < -0.3 is 5.32 Å². The highest BCUT2D eigenvalue weighted by atomic mass is 16.2. The van der Waals surface area contributed by atoms with Crippen molar-refractivity contribution in [1.29, 1.82) is 0 Å². The Morgan fingerprint density at radius 1 is 1.05 bits per heavy atom. The summed E-state index contributed by atoms with van der Waals surface area (Å²) in [7, 11) is 0. The maximum absolute atomic E-state index is 11.2. The molecular formula is C15H17N3O2. The molecule has 0 saturated carbocycles. The maximum Gasteiger partial charge on any atom is 0.234 e. The van der Waals surface area contributed by atoms with Crippen molar-refractivity contribution < 1.29 is 9.59 Å². The fourth-order valence-corrected chi connectivity index (χ4v) is 2.51. The van der Waals surface area contributed by atoms with E-state index in [2.05, 4.69) is 16.2 Å². The first kappa shape index (κ1) is 12.9. The zero-order valence-electron chi connectivity index (χ0n) is 11.1. The molecule has 1 aromatic rings. The lowest BCUT2D eigenvalue weighted by Gasteiger charge is -2.24. The smallest absolute Gasteiger partial charge is 0.234 e. The number of carbonyl (C=O) groups is 2. The Morgan fingerprint density at radius 3 is 2.45 bits per heavy atom. The number of allylic oxidation sites excluding steroid dienone is 2. The summed E-state index contributed by atoms with van der Waals surface area (Å²) in [5.74, 6) is 0.226. The molecule has 1 aliphatic carbocycles. The molecule has 1 amide bonds. The molecule has 20 heavy (non-hydrogen) atoms. The van der Waals surface area contributed by atoms with Crippen LogP contribution in [0.4, 0.5) is 5.69 Å². The van der Waals surface area contributed by atoms with E-state index in [1.807, 2.05) is 24.3 Å². The van der Waals surface area contributed by atoms with Gasteiger partial charge in [0.2, 0.25) is 5.91 Å². The SMILES string of the molecule is O=C1C=C(Nc2ccc(C3CCC(=O)NN3)cc2)CC1. The summed E-state index contributed by atoms with van der Waals surface area (Å²) in [5, 5.41) is 3.26. The van der Waals surface area contributed by atoms with Crippen molar-refractivity contribution in [1.82, 2.24) is 10.9 Å². The second-order valence-corrected chi connectivity index (χ2v) is 5.17. The summed E-state index contributed by atoms with van der Waals surface area (Å²) < 4.78 is 0. The number of carbonyl (C=O) groups excluding carboxylic acids is 2. The van der Waals surface area contributed by atoms with E-state index in [0.29, 0.717) is 12.8 Å². The molecule has 1 heterocycles. The summed E-state index contributed by atoms with van der Waals surface area (Å²) in [4.78, 5) is 22.3. The van der Waals surface area contributed by atoms with Crippen LogP contribution in [0.15, 0.2) is 36.0 Å². The summed E-state index contributed by atoms with van der Waals surface area (Å²) in [5.41, 5.74) is 8.77. The van der Waals surface area contributed by atoms with Crippen LogP contribution in [0.3, 0.4) is 0 Å². The van der Waals surface area contributed by atoms with Crippen LogP contribution < -0.4 is 16.2 Å². The monoisotopic (exact) mass is 271 g/mol. The van der Waals surface area contributed by atoms with Gasteiger partial charge in [0.1, 0.15) is 0 Å². The van der Waals surface area contributed by atoms with Gasteiger partial charge in [-0.05, 0) is 30.5 Å². The molecule has 1 aromatic carbocycles. The topological polar surface area (TPSA) is 70.2 Å². The van der Waals surface area contributed by atoms with Gasteiger partial charge in [0.25, 0.3) is 0 Å². The number of hydrazine groups is 1. The van der Waals surface area contributed by atoms with E-state index in [9.17, 15) is 9.59 Å². The molecule has 1 fully saturated rings. The molecule has 3 N–H and O–H groups in total. The average Bonchev–Trinajstić information content (AvgIpc) is 2.86. The number of hydrogen-bond acceptors (Lipinski definition) is 4. The molecule has 1 atom stereocenters. The van der Waals surface area contributed by atoms with Crippen LogP contribution >= 0.6 is 0 Å². The molecule has 1 unspecified atom stereocenters. The Kier molecular flexibility index (Phi) is 3.52. The van der Waals surface area contributed by atoms with Crippen LogP contribution in [0.2, 0.25) is 0 Å². The van der Waals surface area contributed by atoms with E-state index in [-0.39, 0.29) is 17.7 Å². The number of nitrogens with one attached hydrogen (secondary N) is 3. The lowest BCUT2D eigenvalue weighted by atomic mass is 10.0. The van der Waals surface area contributed by atoms with Gasteiger partial charge in [-0.1, -0.05) is 12.1 Å². The predicted molar refractivity (Wildman–Crippen MR) is 75.6 cm³/mol. The van der Waals surface area contributed by atoms with E-state index in [1.54, 1.807) is 6.08 Å². The Labute approximate surface area is 117 Å². The molecule has 0 aromatic heterocycles. The number of hydrogen-bond donors (Lipinski definition) is 3. The third kappa shape index (κ3) is 2.88. The lowest BCUT2D eigenvalue weighted by Crippen LogP contribution is -2.44. The number of ketones is 1.